The third-order valence-electron chi connectivity index (χ3n) is 5.08. The highest BCUT2D eigenvalue weighted by molar-refractivity contribution is 5.94. The summed E-state index contributed by atoms with van der Waals surface area (Å²) in [6.45, 7) is 2.58. The number of carbonyl (C=O) groups is 1. The average Bonchev–Trinajstić information content (AvgIpc) is 3.10. The van der Waals surface area contributed by atoms with Crippen molar-refractivity contribution in [3.8, 4) is 17.0 Å². The van der Waals surface area contributed by atoms with Crippen LogP contribution in [0.3, 0.4) is 0 Å². The number of aryl methyl sites for hydroxylation is 1. The Hall–Kier alpha value is -3.53. The monoisotopic (exact) mass is 385 g/mol. The van der Waals surface area contributed by atoms with Crippen LogP contribution in [0.5, 0.6) is 5.75 Å². The molecule has 2 N–H and O–H groups in total. The van der Waals surface area contributed by atoms with Gasteiger partial charge in [0.1, 0.15) is 12.4 Å². The number of hydrogen-bond acceptors (Lipinski definition) is 2. The van der Waals surface area contributed by atoms with Crippen LogP contribution in [0.25, 0.3) is 22.2 Å². The molecule has 0 amide bonds. The van der Waals surface area contributed by atoms with E-state index in [9.17, 15) is 9.90 Å². The summed E-state index contributed by atoms with van der Waals surface area (Å²) >= 11 is 0. The number of aromatic amines is 1. The summed E-state index contributed by atoms with van der Waals surface area (Å²) in [6.07, 6.45) is 0.878. The topological polar surface area (TPSA) is 62.3 Å². The van der Waals surface area contributed by atoms with Gasteiger partial charge in [0, 0.05) is 16.5 Å². The van der Waals surface area contributed by atoms with Gasteiger partial charge in [-0.2, -0.15) is 0 Å². The summed E-state index contributed by atoms with van der Waals surface area (Å²) in [5.41, 5.74) is 5.80. The van der Waals surface area contributed by atoms with E-state index in [1.807, 2.05) is 60.7 Å². The number of benzene rings is 3. The van der Waals surface area contributed by atoms with Crippen LogP contribution in [0, 0.1) is 0 Å². The summed E-state index contributed by atoms with van der Waals surface area (Å²) in [6, 6.07) is 24.0. The van der Waals surface area contributed by atoms with E-state index in [0.29, 0.717) is 6.61 Å². The Labute approximate surface area is 169 Å². The predicted octanol–water partition coefficient (Wildman–Crippen LogP) is 5.60. The van der Waals surface area contributed by atoms with Crippen molar-refractivity contribution in [1.29, 1.82) is 0 Å². The SMILES string of the molecule is CCc1ccc2[nH]c(-c3cccc(OCc4ccccc4)c3)c(CC(=O)O)c2c1. The molecule has 3 aromatic carbocycles. The lowest BCUT2D eigenvalue weighted by Crippen LogP contribution is -2.01. The first kappa shape index (κ1) is 18.8. The lowest BCUT2D eigenvalue weighted by Gasteiger charge is -2.09. The number of aliphatic carboxylic acids is 1. The molecule has 0 bridgehead atoms. The molecule has 0 aliphatic rings. The quantitative estimate of drug-likeness (QED) is 0.435. The molecule has 4 rings (SSSR count). The number of aromatic nitrogens is 1. The van der Waals surface area contributed by atoms with E-state index in [1.165, 1.54) is 5.56 Å². The van der Waals surface area contributed by atoms with Gasteiger partial charge in [0.05, 0.1) is 12.1 Å². The first-order valence-corrected chi connectivity index (χ1v) is 9.76. The number of carboxylic acid groups (broad SMARTS) is 1. The minimum atomic E-state index is -0.842. The summed E-state index contributed by atoms with van der Waals surface area (Å²) in [5, 5.41) is 10.4. The predicted molar refractivity (Wildman–Crippen MR) is 115 cm³/mol. The molecule has 0 radical (unpaired) electrons. The second kappa shape index (κ2) is 8.23. The summed E-state index contributed by atoms with van der Waals surface area (Å²) in [7, 11) is 0. The molecular formula is C25H23NO3. The molecule has 0 spiro atoms. The van der Waals surface area contributed by atoms with E-state index >= 15 is 0 Å². The Balaban J connectivity index is 1.71. The molecule has 0 fully saturated rings. The van der Waals surface area contributed by atoms with Crippen molar-refractivity contribution in [1.82, 2.24) is 4.98 Å². The highest BCUT2D eigenvalue weighted by Gasteiger charge is 2.16. The Morgan fingerprint density at radius 2 is 1.79 bits per heavy atom. The normalized spacial score (nSPS) is 10.9. The largest absolute Gasteiger partial charge is 0.489 e. The first-order valence-electron chi connectivity index (χ1n) is 9.76. The summed E-state index contributed by atoms with van der Waals surface area (Å²) < 4.78 is 5.96. The van der Waals surface area contributed by atoms with Gasteiger partial charge in [-0.1, -0.05) is 55.5 Å². The molecular weight excluding hydrogens is 362 g/mol. The number of carboxylic acids is 1. The van der Waals surface area contributed by atoms with E-state index in [4.69, 9.17) is 4.74 Å². The van der Waals surface area contributed by atoms with Crippen LogP contribution in [-0.2, 0) is 24.2 Å². The molecule has 4 heteroatoms. The minimum absolute atomic E-state index is 0.0302. The van der Waals surface area contributed by atoms with Gasteiger partial charge in [0.25, 0.3) is 0 Å². The van der Waals surface area contributed by atoms with Crippen LogP contribution in [0.4, 0.5) is 0 Å². The van der Waals surface area contributed by atoms with Gasteiger partial charge in [0.15, 0.2) is 0 Å². The molecule has 1 aromatic heterocycles. The van der Waals surface area contributed by atoms with E-state index in [0.717, 1.165) is 45.5 Å². The molecule has 0 unspecified atom stereocenters. The van der Waals surface area contributed by atoms with Crippen molar-refractivity contribution in [2.75, 3.05) is 0 Å². The van der Waals surface area contributed by atoms with Gasteiger partial charge in [0.2, 0.25) is 0 Å². The van der Waals surface area contributed by atoms with Crippen molar-refractivity contribution in [3.63, 3.8) is 0 Å². The summed E-state index contributed by atoms with van der Waals surface area (Å²) in [4.78, 5) is 15.0. The van der Waals surface area contributed by atoms with Crippen molar-refractivity contribution in [2.24, 2.45) is 0 Å². The number of ether oxygens (including phenoxy) is 1. The van der Waals surface area contributed by atoms with Crippen molar-refractivity contribution in [3.05, 3.63) is 89.5 Å². The Bertz CT molecular complexity index is 1150. The van der Waals surface area contributed by atoms with Crippen LogP contribution < -0.4 is 4.74 Å². The Kier molecular flexibility index (Phi) is 5.34. The molecule has 29 heavy (non-hydrogen) atoms. The molecule has 0 aliphatic carbocycles. The third kappa shape index (κ3) is 4.16. The number of H-pyrrole nitrogens is 1. The molecule has 0 aliphatic heterocycles. The maximum atomic E-state index is 11.5. The number of hydrogen-bond donors (Lipinski definition) is 2. The maximum absolute atomic E-state index is 11.5. The van der Waals surface area contributed by atoms with Crippen molar-refractivity contribution in [2.45, 2.75) is 26.4 Å². The molecule has 0 saturated carbocycles. The molecule has 4 aromatic rings. The highest BCUT2D eigenvalue weighted by Crippen LogP contribution is 2.33. The molecule has 0 saturated heterocycles. The Morgan fingerprint density at radius 3 is 2.55 bits per heavy atom. The number of nitrogens with one attached hydrogen (secondary N) is 1. The van der Waals surface area contributed by atoms with Crippen LogP contribution in [-0.4, -0.2) is 16.1 Å². The summed E-state index contributed by atoms with van der Waals surface area (Å²) in [5.74, 6) is -0.0916. The van der Waals surface area contributed by atoms with E-state index < -0.39 is 5.97 Å². The van der Waals surface area contributed by atoms with Crippen LogP contribution in [0.2, 0.25) is 0 Å². The standard InChI is InChI=1S/C25H23NO3/c1-2-17-11-12-23-21(13-17)22(15-24(27)28)25(26-23)19-9-6-10-20(14-19)29-16-18-7-4-3-5-8-18/h3-14,26H,2,15-16H2,1H3,(H,27,28). The lowest BCUT2D eigenvalue weighted by atomic mass is 10.0. The molecule has 146 valence electrons. The van der Waals surface area contributed by atoms with Gasteiger partial charge in [-0.05, 0) is 47.4 Å². The fraction of sp³-hybridized carbons (Fsp3) is 0.160. The minimum Gasteiger partial charge on any atom is -0.489 e. The average molecular weight is 385 g/mol. The number of rotatable bonds is 7. The number of fused-ring (bicyclic) bond motifs is 1. The zero-order valence-electron chi connectivity index (χ0n) is 16.3. The van der Waals surface area contributed by atoms with Gasteiger partial charge in [-0.15, -0.1) is 0 Å². The van der Waals surface area contributed by atoms with Crippen molar-refractivity contribution >= 4 is 16.9 Å². The zero-order chi connectivity index (χ0) is 20.2. The van der Waals surface area contributed by atoms with Gasteiger partial charge < -0.3 is 14.8 Å². The van der Waals surface area contributed by atoms with E-state index in [-0.39, 0.29) is 6.42 Å². The zero-order valence-corrected chi connectivity index (χ0v) is 16.3. The Morgan fingerprint density at radius 1 is 0.966 bits per heavy atom. The van der Waals surface area contributed by atoms with E-state index in [1.54, 1.807) is 0 Å². The van der Waals surface area contributed by atoms with Gasteiger partial charge in [-0.25, -0.2) is 0 Å². The van der Waals surface area contributed by atoms with Gasteiger partial charge >= 0.3 is 5.97 Å². The van der Waals surface area contributed by atoms with Crippen LogP contribution >= 0.6 is 0 Å². The second-order valence-corrected chi connectivity index (χ2v) is 7.08. The third-order valence-corrected chi connectivity index (χ3v) is 5.08. The lowest BCUT2D eigenvalue weighted by molar-refractivity contribution is -0.136. The first-order chi connectivity index (χ1) is 14.1. The van der Waals surface area contributed by atoms with Crippen LogP contribution in [0.15, 0.2) is 72.8 Å². The highest BCUT2D eigenvalue weighted by atomic mass is 16.5. The fourth-order valence-corrected chi connectivity index (χ4v) is 3.58. The molecule has 1 heterocycles. The maximum Gasteiger partial charge on any atom is 0.307 e. The van der Waals surface area contributed by atoms with Gasteiger partial charge in [-0.3, -0.25) is 4.79 Å². The molecule has 4 nitrogen and oxygen atoms in total. The second-order valence-electron chi connectivity index (χ2n) is 7.08. The molecule has 0 atom stereocenters. The van der Waals surface area contributed by atoms with Crippen LogP contribution in [0.1, 0.15) is 23.6 Å². The smallest absolute Gasteiger partial charge is 0.307 e. The fourth-order valence-electron chi connectivity index (χ4n) is 3.58. The van der Waals surface area contributed by atoms with E-state index in [2.05, 4.69) is 24.0 Å². The van der Waals surface area contributed by atoms with Crippen molar-refractivity contribution < 1.29 is 14.6 Å².